The van der Waals surface area contributed by atoms with Crippen LogP contribution in [0.25, 0.3) is 21.9 Å². The van der Waals surface area contributed by atoms with Crippen LogP contribution in [0.5, 0.6) is 0 Å². The number of carbonyl (C=O) groups excluding carboxylic acids is 1. The number of para-hydroxylation sites is 1. The van der Waals surface area contributed by atoms with Gasteiger partial charge in [-0.1, -0.05) is 12.1 Å². The van der Waals surface area contributed by atoms with Crippen LogP contribution in [0.4, 0.5) is 4.39 Å². The molecule has 33 heavy (non-hydrogen) atoms. The molecule has 1 amide bonds. The Hall–Kier alpha value is -3.30. The predicted molar refractivity (Wildman–Crippen MR) is 122 cm³/mol. The molecule has 170 valence electrons. The quantitative estimate of drug-likeness (QED) is 0.457. The van der Waals surface area contributed by atoms with Crippen molar-refractivity contribution in [1.82, 2.24) is 14.2 Å². The van der Waals surface area contributed by atoms with Crippen LogP contribution in [0.3, 0.4) is 0 Å². The summed E-state index contributed by atoms with van der Waals surface area (Å²) in [6, 6.07) is 11.1. The van der Waals surface area contributed by atoms with E-state index in [0.29, 0.717) is 22.0 Å². The van der Waals surface area contributed by atoms with Crippen LogP contribution >= 0.6 is 0 Å². The lowest BCUT2D eigenvalue weighted by atomic mass is 10.1. The molecular weight excluding hydrogens is 445 g/mol. The number of sulfonamides is 1. The molecular formula is C24H22FN3O4S. The van der Waals surface area contributed by atoms with E-state index in [1.807, 2.05) is 19.1 Å². The van der Waals surface area contributed by atoms with Crippen molar-refractivity contribution < 1.29 is 22.0 Å². The van der Waals surface area contributed by atoms with E-state index in [0.717, 1.165) is 10.9 Å². The van der Waals surface area contributed by atoms with E-state index in [2.05, 4.69) is 4.98 Å². The molecule has 0 spiro atoms. The van der Waals surface area contributed by atoms with Gasteiger partial charge in [-0.25, -0.2) is 12.8 Å². The van der Waals surface area contributed by atoms with Crippen molar-refractivity contribution in [1.29, 1.82) is 0 Å². The minimum Gasteiger partial charge on any atom is -0.451 e. The molecule has 3 heterocycles. The van der Waals surface area contributed by atoms with Gasteiger partial charge in [0.1, 0.15) is 16.3 Å². The number of pyridine rings is 1. The molecule has 9 heteroatoms. The van der Waals surface area contributed by atoms with Crippen molar-refractivity contribution >= 4 is 37.8 Å². The average Bonchev–Trinajstić information content (AvgIpc) is 3.13. The first kappa shape index (κ1) is 21.5. The monoisotopic (exact) mass is 467 g/mol. The molecule has 2 aromatic carbocycles. The molecule has 0 atom stereocenters. The predicted octanol–water partition coefficient (Wildman–Crippen LogP) is 3.88. The number of benzene rings is 2. The Morgan fingerprint density at radius 1 is 1.06 bits per heavy atom. The Balaban J connectivity index is 1.37. The largest absolute Gasteiger partial charge is 0.451 e. The first-order chi connectivity index (χ1) is 15.8. The molecule has 0 N–H and O–H groups in total. The van der Waals surface area contributed by atoms with Crippen LogP contribution in [0.1, 0.15) is 21.7 Å². The number of carbonyl (C=O) groups is 1. The minimum absolute atomic E-state index is 0.153. The second kappa shape index (κ2) is 7.93. The van der Waals surface area contributed by atoms with Crippen LogP contribution < -0.4 is 0 Å². The lowest BCUT2D eigenvalue weighted by Crippen LogP contribution is -2.50. The van der Waals surface area contributed by atoms with E-state index in [-0.39, 0.29) is 42.7 Å². The highest BCUT2D eigenvalue weighted by Gasteiger charge is 2.33. The number of aryl methyl sites for hydroxylation is 2. The third kappa shape index (κ3) is 3.67. The Morgan fingerprint density at radius 2 is 1.82 bits per heavy atom. The molecule has 0 radical (unpaired) electrons. The van der Waals surface area contributed by atoms with Crippen molar-refractivity contribution in [3.63, 3.8) is 0 Å². The molecule has 1 saturated heterocycles. The Labute approximate surface area is 190 Å². The van der Waals surface area contributed by atoms with Gasteiger partial charge in [0.05, 0.1) is 5.52 Å². The van der Waals surface area contributed by atoms with Gasteiger partial charge in [0.15, 0.2) is 5.76 Å². The highest BCUT2D eigenvalue weighted by atomic mass is 32.2. The summed E-state index contributed by atoms with van der Waals surface area (Å²) in [5.74, 6) is -0.578. The molecule has 0 unspecified atom stereocenters. The van der Waals surface area contributed by atoms with Crippen LogP contribution in [0.15, 0.2) is 58.0 Å². The SMILES string of the molecule is Cc1cnc2c(S(=O)(=O)N3CCN(C(=O)c4oc5ccc(F)cc5c4C)CC3)cccc2c1. The fourth-order valence-electron chi connectivity index (χ4n) is 4.26. The van der Waals surface area contributed by atoms with E-state index < -0.39 is 15.8 Å². The fourth-order valence-corrected chi connectivity index (χ4v) is 5.85. The molecule has 7 nitrogen and oxygen atoms in total. The number of piperazine rings is 1. The number of furan rings is 1. The van der Waals surface area contributed by atoms with Crippen LogP contribution in [-0.4, -0.2) is 54.7 Å². The fraction of sp³-hybridized carbons (Fsp3) is 0.250. The van der Waals surface area contributed by atoms with Crippen molar-refractivity contribution in [3.05, 3.63) is 71.4 Å². The Kier molecular flexibility index (Phi) is 5.18. The molecule has 0 saturated carbocycles. The van der Waals surface area contributed by atoms with Crippen molar-refractivity contribution in [3.8, 4) is 0 Å². The average molecular weight is 468 g/mol. The maximum absolute atomic E-state index is 13.6. The zero-order valence-electron chi connectivity index (χ0n) is 18.2. The van der Waals surface area contributed by atoms with E-state index in [9.17, 15) is 17.6 Å². The summed E-state index contributed by atoms with van der Waals surface area (Å²) in [4.78, 5) is 19.1. The van der Waals surface area contributed by atoms with Gasteiger partial charge in [0.2, 0.25) is 10.0 Å². The van der Waals surface area contributed by atoms with Crippen molar-refractivity contribution in [2.24, 2.45) is 0 Å². The number of rotatable bonds is 3. The normalized spacial score (nSPS) is 15.4. The van der Waals surface area contributed by atoms with Crippen LogP contribution in [0, 0.1) is 19.7 Å². The molecule has 0 aliphatic carbocycles. The summed E-state index contributed by atoms with van der Waals surface area (Å²) < 4.78 is 47.4. The number of nitrogens with zero attached hydrogens (tertiary/aromatic N) is 3. The highest BCUT2D eigenvalue weighted by Crippen LogP contribution is 2.29. The number of aromatic nitrogens is 1. The maximum Gasteiger partial charge on any atom is 0.289 e. The number of halogens is 1. The Bertz CT molecular complexity index is 1510. The summed E-state index contributed by atoms with van der Waals surface area (Å²) in [5, 5.41) is 1.32. The summed E-state index contributed by atoms with van der Waals surface area (Å²) in [7, 11) is -3.78. The summed E-state index contributed by atoms with van der Waals surface area (Å²) in [5.41, 5.74) is 2.40. The molecule has 4 aromatic rings. The molecule has 1 fully saturated rings. The van der Waals surface area contributed by atoms with E-state index in [1.165, 1.54) is 22.5 Å². The van der Waals surface area contributed by atoms with Gasteiger partial charge in [-0.3, -0.25) is 9.78 Å². The summed E-state index contributed by atoms with van der Waals surface area (Å²) in [6.07, 6.45) is 1.65. The smallest absolute Gasteiger partial charge is 0.289 e. The van der Waals surface area contributed by atoms with Gasteiger partial charge in [0.25, 0.3) is 5.91 Å². The minimum atomic E-state index is -3.78. The first-order valence-electron chi connectivity index (χ1n) is 10.6. The van der Waals surface area contributed by atoms with Gasteiger partial charge >= 0.3 is 0 Å². The number of hydrogen-bond donors (Lipinski definition) is 0. The van der Waals surface area contributed by atoms with Crippen molar-refractivity contribution in [2.45, 2.75) is 18.7 Å². The van der Waals surface area contributed by atoms with E-state index in [1.54, 1.807) is 30.2 Å². The van der Waals surface area contributed by atoms with Crippen LogP contribution in [-0.2, 0) is 10.0 Å². The molecule has 0 bridgehead atoms. The molecule has 1 aliphatic rings. The van der Waals surface area contributed by atoms with E-state index >= 15 is 0 Å². The standard InChI is InChI=1S/C24H22FN3O4S/c1-15-12-17-4-3-5-21(22(17)26-14-15)33(30,31)28-10-8-27(9-11-28)24(29)23-16(2)19-13-18(25)6-7-20(19)32-23/h3-7,12-14H,8-11H2,1-2H3. The third-order valence-corrected chi connectivity index (χ3v) is 7.98. The second-order valence-electron chi connectivity index (χ2n) is 8.23. The zero-order chi connectivity index (χ0) is 23.3. The molecule has 2 aromatic heterocycles. The van der Waals surface area contributed by atoms with Gasteiger partial charge in [-0.2, -0.15) is 4.31 Å². The van der Waals surface area contributed by atoms with E-state index in [4.69, 9.17) is 4.42 Å². The van der Waals surface area contributed by atoms with Gasteiger partial charge in [-0.05, 0) is 49.7 Å². The lowest BCUT2D eigenvalue weighted by Gasteiger charge is -2.33. The Morgan fingerprint density at radius 3 is 2.58 bits per heavy atom. The van der Waals surface area contributed by atoms with Gasteiger partial charge in [-0.15, -0.1) is 0 Å². The third-order valence-electron chi connectivity index (χ3n) is 6.05. The summed E-state index contributed by atoms with van der Waals surface area (Å²) >= 11 is 0. The lowest BCUT2D eigenvalue weighted by molar-refractivity contribution is 0.0667. The van der Waals surface area contributed by atoms with Gasteiger partial charge < -0.3 is 9.32 Å². The highest BCUT2D eigenvalue weighted by molar-refractivity contribution is 7.89. The molecule has 1 aliphatic heterocycles. The topological polar surface area (TPSA) is 83.7 Å². The zero-order valence-corrected chi connectivity index (χ0v) is 19.0. The van der Waals surface area contributed by atoms with Crippen molar-refractivity contribution in [2.75, 3.05) is 26.2 Å². The first-order valence-corrected chi connectivity index (χ1v) is 12.0. The number of fused-ring (bicyclic) bond motifs is 2. The second-order valence-corrected chi connectivity index (χ2v) is 10.1. The number of hydrogen-bond acceptors (Lipinski definition) is 5. The summed E-state index contributed by atoms with van der Waals surface area (Å²) in [6.45, 7) is 4.38. The maximum atomic E-state index is 13.6. The number of amides is 1. The van der Waals surface area contributed by atoms with Crippen LogP contribution in [0.2, 0.25) is 0 Å². The molecule has 5 rings (SSSR count). The van der Waals surface area contributed by atoms with Gasteiger partial charge in [0, 0.05) is 48.7 Å².